The van der Waals surface area contributed by atoms with E-state index in [2.05, 4.69) is 4.98 Å². The standard InChI is InChI=1S/C8H13N3O3S/c1-11(15(3,12)13)8-6(9)4-5-7(10-8)14-2/h4-5H,9H2,1-3H3. The monoisotopic (exact) mass is 231 g/mol. The van der Waals surface area contributed by atoms with E-state index in [1.54, 1.807) is 12.1 Å². The van der Waals surface area contributed by atoms with Crippen LogP contribution in [0.15, 0.2) is 12.1 Å². The Labute approximate surface area is 88.7 Å². The molecule has 0 saturated carbocycles. The van der Waals surface area contributed by atoms with Crippen LogP contribution in [0.3, 0.4) is 0 Å². The lowest BCUT2D eigenvalue weighted by Crippen LogP contribution is -2.26. The third-order valence-corrected chi connectivity index (χ3v) is 3.05. The molecule has 0 bridgehead atoms. The molecule has 7 heteroatoms. The molecule has 15 heavy (non-hydrogen) atoms. The molecule has 0 aliphatic heterocycles. The van der Waals surface area contributed by atoms with E-state index in [9.17, 15) is 8.42 Å². The molecular weight excluding hydrogens is 218 g/mol. The SMILES string of the molecule is COc1ccc(N)c(N(C)S(C)(=O)=O)n1. The highest BCUT2D eigenvalue weighted by atomic mass is 32.2. The highest BCUT2D eigenvalue weighted by Crippen LogP contribution is 2.24. The molecule has 84 valence electrons. The van der Waals surface area contributed by atoms with Crippen LogP contribution in [0.4, 0.5) is 11.5 Å². The number of nitrogen functional groups attached to an aromatic ring is 1. The van der Waals surface area contributed by atoms with Gasteiger partial charge in [0.1, 0.15) is 0 Å². The smallest absolute Gasteiger partial charge is 0.233 e. The van der Waals surface area contributed by atoms with Crippen molar-refractivity contribution in [3.8, 4) is 5.88 Å². The average Bonchev–Trinajstić information content (AvgIpc) is 2.16. The normalized spacial score (nSPS) is 11.1. The fraction of sp³-hybridized carbons (Fsp3) is 0.375. The summed E-state index contributed by atoms with van der Waals surface area (Å²) in [5.41, 5.74) is 5.90. The van der Waals surface area contributed by atoms with E-state index < -0.39 is 10.0 Å². The van der Waals surface area contributed by atoms with Gasteiger partial charge in [0.25, 0.3) is 0 Å². The number of methoxy groups -OCH3 is 1. The van der Waals surface area contributed by atoms with Gasteiger partial charge in [-0.2, -0.15) is 4.98 Å². The lowest BCUT2D eigenvalue weighted by molar-refractivity contribution is 0.398. The Kier molecular flexibility index (Phi) is 3.04. The summed E-state index contributed by atoms with van der Waals surface area (Å²) in [7, 11) is -0.539. The summed E-state index contributed by atoms with van der Waals surface area (Å²) in [6.07, 6.45) is 1.08. The minimum atomic E-state index is -3.37. The van der Waals surface area contributed by atoms with Crippen molar-refractivity contribution in [1.82, 2.24) is 4.98 Å². The zero-order valence-electron chi connectivity index (χ0n) is 8.76. The highest BCUT2D eigenvalue weighted by molar-refractivity contribution is 7.92. The van der Waals surface area contributed by atoms with Crippen molar-refractivity contribution in [2.75, 3.05) is 30.5 Å². The van der Waals surface area contributed by atoms with Gasteiger partial charge in [-0.05, 0) is 6.07 Å². The van der Waals surface area contributed by atoms with Gasteiger partial charge in [0.2, 0.25) is 15.9 Å². The molecule has 0 saturated heterocycles. The molecule has 0 atom stereocenters. The minimum absolute atomic E-state index is 0.164. The molecule has 0 aliphatic rings. The Morgan fingerprint density at radius 2 is 2.07 bits per heavy atom. The number of ether oxygens (including phenoxy) is 1. The van der Waals surface area contributed by atoms with Crippen molar-refractivity contribution in [2.45, 2.75) is 0 Å². The molecule has 0 spiro atoms. The Morgan fingerprint density at radius 3 is 2.53 bits per heavy atom. The summed E-state index contributed by atoms with van der Waals surface area (Å²) >= 11 is 0. The summed E-state index contributed by atoms with van der Waals surface area (Å²) in [6.45, 7) is 0. The van der Waals surface area contributed by atoms with Crippen molar-refractivity contribution in [3.63, 3.8) is 0 Å². The second kappa shape index (κ2) is 3.93. The van der Waals surface area contributed by atoms with Gasteiger partial charge in [-0.1, -0.05) is 0 Å². The van der Waals surface area contributed by atoms with E-state index in [0.717, 1.165) is 10.6 Å². The van der Waals surface area contributed by atoms with E-state index in [1.807, 2.05) is 0 Å². The van der Waals surface area contributed by atoms with Gasteiger partial charge in [-0.25, -0.2) is 8.42 Å². The molecule has 1 aromatic heterocycles. The molecule has 0 aliphatic carbocycles. The molecule has 0 radical (unpaired) electrons. The summed E-state index contributed by atoms with van der Waals surface area (Å²) in [4.78, 5) is 3.96. The van der Waals surface area contributed by atoms with E-state index in [-0.39, 0.29) is 11.5 Å². The van der Waals surface area contributed by atoms with Gasteiger partial charge >= 0.3 is 0 Å². The molecule has 0 unspecified atom stereocenters. The molecule has 1 heterocycles. The van der Waals surface area contributed by atoms with E-state index >= 15 is 0 Å². The summed E-state index contributed by atoms with van der Waals surface area (Å²) in [5, 5.41) is 0. The van der Waals surface area contributed by atoms with Crippen molar-refractivity contribution < 1.29 is 13.2 Å². The van der Waals surface area contributed by atoms with Crippen molar-refractivity contribution in [2.24, 2.45) is 0 Å². The van der Waals surface area contributed by atoms with Gasteiger partial charge in [0, 0.05) is 13.1 Å². The average molecular weight is 231 g/mol. The maximum atomic E-state index is 11.3. The molecule has 2 N–H and O–H groups in total. The third-order valence-electron chi connectivity index (χ3n) is 1.88. The molecule has 0 amide bonds. The maximum absolute atomic E-state index is 11.3. The molecule has 0 fully saturated rings. The van der Waals surface area contributed by atoms with Crippen LogP contribution in [0, 0.1) is 0 Å². The van der Waals surface area contributed by atoms with E-state index in [0.29, 0.717) is 5.88 Å². The van der Waals surface area contributed by atoms with Gasteiger partial charge in [-0.3, -0.25) is 4.31 Å². The first-order chi connectivity index (χ1) is 6.86. The largest absolute Gasteiger partial charge is 0.481 e. The number of pyridine rings is 1. The van der Waals surface area contributed by atoms with Crippen molar-refractivity contribution >= 4 is 21.5 Å². The Morgan fingerprint density at radius 1 is 1.47 bits per heavy atom. The third kappa shape index (κ3) is 2.50. The second-order valence-electron chi connectivity index (χ2n) is 3.00. The Balaban J connectivity index is 3.24. The second-order valence-corrected chi connectivity index (χ2v) is 5.01. The van der Waals surface area contributed by atoms with Gasteiger partial charge < -0.3 is 10.5 Å². The molecule has 6 nitrogen and oxygen atoms in total. The van der Waals surface area contributed by atoms with Crippen LogP contribution < -0.4 is 14.8 Å². The number of rotatable bonds is 3. The van der Waals surface area contributed by atoms with E-state index in [1.165, 1.54) is 14.2 Å². The number of anilines is 2. The van der Waals surface area contributed by atoms with Gasteiger partial charge in [0.15, 0.2) is 5.82 Å². The fourth-order valence-corrected chi connectivity index (χ4v) is 1.43. The first-order valence-electron chi connectivity index (χ1n) is 4.10. The number of nitrogens with two attached hydrogens (primary N) is 1. The molecule has 1 rings (SSSR count). The van der Waals surface area contributed by atoms with Gasteiger partial charge in [0.05, 0.1) is 19.1 Å². The molecule has 0 aromatic carbocycles. The minimum Gasteiger partial charge on any atom is -0.481 e. The number of sulfonamides is 1. The first-order valence-corrected chi connectivity index (χ1v) is 5.95. The maximum Gasteiger partial charge on any atom is 0.233 e. The van der Waals surface area contributed by atoms with Crippen LogP contribution >= 0.6 is 0 Å². The van der Waals surface area contributed by atoms with Crippen LogP contribution in [-0.4, -0.2) is 33.8 Å². The number of aromatic nitrogens is 1. The number of nitrogens with zero attached hydrogens (tertiary/aromatic N) is 2. The zero-order chi connectivity index (χ0) is 11.6. The predicted octanol–water partition coefficient (Wildman–Crippen LogP) is 0.0682. The zero-order valence-corrected chi connectivity index (χ0v) is 9.58. The van der Waals surface area contributed by atoms with Gasteiger partial charge in [-0.15, -0.1) is 0 Å². The number of hydrogen-bond acceptors (Lipinski definition) is 5. The first kappa shape index (κ1) is 11.6. The van der Waals surface area contributed by atoms with Crippen LogP contribution in [0.1, 0.15) is 0 Å². The molecule has 1 aromatic rings. The lowest BCUT2D eigenvalue weighted by Gasteiger charge is -2.17. The van der Waals surface area contributed by atoms with Crippen LogP contribution in [0.5, 0.6) is 5.88 Å². The Bertz CT molecular complexity index is 458. The number of hydrogen-bond donors (Lipinski definition) is 1. The van der Waals surface area contributed by atoms with Crippen molar-refractivity contribution in [3.05, 3.63) is 12.1 Å². The highest BCUT2D eigenvalue weighted by Gasteiger charge is 2.16. The summed E-state index contributed by atoms with van der Waals surface area (Å²) < 4.78 is 28.4. The predicted molar refractivity (Wildman–Crippen MR) is 58.4 cm³/mol. The topological polar surface area (TPSA) is 85.5 Å². The van der Waals surface area contributed by atoms with Crippen LogP contribution in [0.2, 0.25) is 0 Å². The fourth-order valence-electron chi connectivity index (χ4n) is 0.965. The summed E-state index contributed by atoms with van der Waals surface area (Å²) in [6, 6.07) is 3.11. The lowest BCUT2D eigenvalue weighted by atomic mass is 10.4. The van der Waals surface area contributed by atoms with Crippen LogP contribution in [0.25, 0.3) is 0 Å². The quantitative estimate of drug-likeness (QED) is 0.795. The Hall–Kier alpha value is -1.50. The van der Waals surface area contributed by atoms with Crippen LogP contribution in [-0.2, 0) is 10.0 Å². The molecular formula is C8H13N3O3S. The van der Waals surface area contributed by atoms with Crippen molar-refractivity contribution in [1.29, 1.82) is 0 Å². The van der Waals surface area contributed by atoms with E-state index in [4.69, 9.17) is 10.5 Å². The summed E-state index contributed by atoms with van der Waals surface area (Å²) in [5.74, 6) is 0.478.